The second-order valence-corrected chi connectivity index (χ2v) is 3.64. The fraction of sp³-hybridized carbons (Fsp3) is 0. The molecule has 0 spiro atoms. The van der Waals surface area contributed by atoms with Crippen LogP contribution in [0.25, 0.3) is 0 Å². The van der Waals surface area contributed by atoms with Gasteiger partial charge in [-0.3, -0.25) is 0 Å². The summed E-state index contributed by atoms with van der Waals surface area (Å²) in [5.74, 6) is 0.559. The molecule has 0 aliphatic carbocycles. The quantitative estimate of drug-likeness (QED) is 0.637. The molecule has 7 heteroatoms. The fourth-order valence-corrected chi connectivity index (χ4v) is 1.34. The summed E-state index contributed by atoms with van der Waals surface area (Å²) in [6.07, 6.45) is 3.10. The van der Waals surface area contributed by atoms with E-state index in [2.05, 4.69) is 20.3 Å². The summed E-state index contributed by atoms with van der Waals surface area (Å²) in [6.45, 7) is 0. The van der Waals surface area contributed by atoms with Gasteiger partial charge in [-0.05, 0) is 23.7 Å². The molecule has 2 heterocycles. The monoisotopic (exact) mass is 255 g/mol. The van der Waals surface area contributed by atoms with Crippen molar-refractivity contribution in [1.29, 1.82) is 0 Å². The van der Waals surface area contributed by atoms with E-state index in [0.29, 0.717) is 17.2 Å². The number of nitrogen functional groups attached to an aromatic ring is 1. The maximum atomic E-state index is 5.70. The highest BCUT2D eigenvalue weighted by Crippen LogP contribution is 2.21. The van der Waals surface area contributed by atoms with Crippen LogP contribution in [0.4, 0.5) is 17.2 Å². The number of nitrogens with zero attached hydrogens (tertiary/aromatic N) is 3. The standard InChI is InChI=1S/C9H7Cl2N5/c10-8-6(12)3-5(4-14-8)15-7-1-2-13-9(11)16-7/h1-4H,12H2,(H,13,15,16). The zero-order valence-corrected chi connectivity index (χ0v) is 9.50. The van der Waals surface area contributed by atoms with E-state index < -0.39 is 0 Å². The van der Waals surface area contributed by atoms with Crippen LogP contribution >= 0.6 is 23.2 Å². The summed E-state index contributed by atoms with van der Waals surface area (Å²) in [5.41, 5.74) is 6.68. The average Bonchev–Trinajstić information content (AvgIpc) is 2.24. The van der Waals surface area contributed by atoms with E-state index >= 15 is 0 Å². The van der Waals surface area contributed by atoms with Crippen molar-refractivity contribution in [3.05, 3.63) is 35.0 Å². The topological polar surface area (TPSA) is 76.7 Å². The van der Waals surface area contributed by atoms with E-state index in [1.54, 1.807) is 24.5 Å². The van der Waals surface area contributed by atoms with Crippen molar-refractivity contribution < 1.29 is 0 Å². The predicted molar refractivity (Wildman–Crippen MR) is 64.0 cm³/mol. The maximum Gasteiger partial charge on any atom is 0.224 e. The van der Waals surface area contributed by atoms with E-state index in [1.807, 2.05) is 0 Å². The number of halogens is 2. The molecule has 0 aliphatic rings. The third-order valence-electron chi connectivity index (χ3n) is 1.76. The Hall–Kier alpha value is -1.59. The maximum absolute atomic E-state index is 5.70. The van der Waals surface area contributed by atoms with Gasteiger partial charge in [-0.25, -0.2) is 15.0 Å². The van der Waals surface area contributed by atoms with Crippen LogP contribution in [0.15, 0.2) is 24.5 Å². The van der Waals surface area contributed by atoms with Crippen LogP contribution in [0, 0.1) is 0 Å². The summed E-state index contributed by atoms with van der Waals surface area (Å²) in [5, 5.41) is 3.41. The molecular weight excluding hydrogens is 249 g/mol. The lowest BCUT2D eigenvalue weighted by molar-refractivity contribution is 1.16. The summed E-state index contributed by atoms with van der Waals surface area (Å²) in [6, 6.07) is 3.34. The summed E-state index contributed by atoms with van der Waals surface area (Å²) in [4.78, 5) is 11.6. The van der Waals surface area contributed by atoms with Gasteiger partial charge in [-0.2, -0.15) is 0 Å². The molecule has 0 unspecified atom stereocenters. The molecule has 2 aromatic rings. The van der Waals surface area contributed by atoms with Gasteiger partial charge in [0.05, 0.1) is 17.6 Å². The molecule has 0 saturated heterocycles. The normalized spacial score (nSPS) is 10.1. The second kappa shape index (κ2) is 4.51. The predicted octanol–water partition coefficient (Wildman–Crippen LogP) is 2.50. The molecule has 2 rings (SSSR count). The smallest absolute Gasteiger partial charge is 0.224 e. The van der Waals surface area contributed by atoms with Gasteiger partial charge in [0.25, 0.3) is 0 Å². The Labute approximate surface area is 102 Å². The minimum atomic E-state index is 0.167. The highest BCUT2D eigenvalue weighted by molar-refractivity contribution is 6.31. The first-order chi connectivity index (χ1) is 7.65. The van der Waals surface area contributed by atoms with E-state index in [-0.39, 0.29) is 10.4 Å². The van der Waals surface area contributed by atoms with Crippen LogP contribution in [0.1, 0.15) is 0 Å². The van der Waals surface area contributed by atoms with Crippen molar-refractivity contribution in [2.45, 2.75) is 0 Å². The number of pyridine rings is 1. The number of hydrogen-bond donors (Lipinski definition) is 2. The minimum absolute atomic E-state index is 0.167. The summed E-state index contributed by atoms with van der Waals surface area (Å²) >= 11 is 11.3. The molecular formula is C9H7Cl2N5. The van der Waals surface area contributed by atoms with E-state index in [4.69, 9.17) is 28.9 Å². The lowest BCUT2D eigenvalue weighted by Gasteiger charge is -2.06. The summed E-state index contributed by atoms with van der Waals surface area (Å²) < 4.78 is 0. The van der Waals surface area contributed by atoms with Crippen LogP contribution in [0.2, 0.25) is 10.4 Å². The number of anilines is 3. The Balaban J connectivity index is 2.24. The van der Waals surface area contributed by atoms with Gasteiger partial charge >= 0.3 is 0 Å². The number of nitrogens with two attached hydrogens (primary N) is 1. The van der Waals surface area contributed by atoms with Crippen molar-refractivity contribution in [3.8, 4) is 0 Å². The number of hydrogen-bond acceptors (Lipinski definition) is 5. The van der Waals surface area contributed by atoms with Crippen LogP contribution < -0.4 is 11.1 Å². The lowest BCUT2D eigenvalue weighted by Crippen LogP contribution is -1.97. The Morgan fingerprint density at radius 3 is 2.75 bits per heavy atom. The molecule has 3 N–H and O–H groups in total. The molecule has 0 aromatic carbocycles. The molecule has 5 nitrogen and oxygen atoms in total. The van der Waals surface area contributed by atoms with E-state index in [9.17, 15) is 0 Å². The first-order valence-corrected chi connectivity index (χ1v) is 5.07. The SMILES string of the molecule is Nc1cc(Nc2ccnc(Cl)n2)cnc1Cl. The summed E-state index contributed by atoms with van der Waals surface area (Å²) in [7, 11) is 0. The minimum Gasteiger partial charge on any atom is -0.396 e. The molecule has 82 valence electrons. The fourth-order valence-electron chi connectivity index (χ4n) is 1.09. The number of nitrogens with one attached hydrogen (secondary N) is 1. The van der Waals surface area contributed by atoms with Crippen LogP contribution in [-0.2, 0) is 0 Å². The van der Waals surface area contributed by atoms with E-state index in [1.165, 1.54) is 0 Å². The Morgan fingerprint density at radius 2 is 2.06 bits per heavy atom. The third-order valence-corrected chi connectivity index (χ3v) is 2.26. The molecule has 0 amide bonds. The number of rotatable bonds is 2. The number of aromatic nitrogens is 3. The van der Waals surface area contributed by atoms with Crippen LogP contribution in [0.3, 0.4) is 0 Å². The van der Waals surface area contributed by atoms with Crippen LogP contribution in [-0.4, -0.2) is 15.0 Å². The molecule has 0 saturated carbocycles. The van der Waals surface area contributed by atoms with Gasteiger partial charge in [0.1, 0.15) is 5.82 Å². The second-order valence-electron chi connectivity index (χ2n) is 2.94. The van der Waals surface area contributed by atoms with Crippen molar-refractivity contribution in [2.75, 3.05) is 11.1 Å². The zero-order valence-electron chi connectivity index (χ0n) is 7.98. The van der Waals surface area contributed by atoms with Crippen molar-refractivity contribution in [3.63, 3.8) is 0 Å². The molecule has 0 aliphatic heterocycles. The van der Waals surface area contributed by atoms with Gasteiger partial charge in [-0.15, -0.1) is 0 Å². The van der Waals surface area contributed by atoms with E-state index in [0.717, 1.165) is 0 Å². The van der Waals surface area contributed by atoms with Crippen molar-refractivity contribution in [2.24, 2.45) is 0 Å². The molecule has 0 fully saturated rings. The molecule has 0 radical (unpaired) electrons. The first-order valence-electron chi connectivity index (χ1n) is 4.32. The highest BCUT2D eigenvalue weighted by atomic mass is 35.5. The molecule has 16 heavy (non-hydrogen) atoms. The Bertz CT molecular complexity index is 517. The first kappa shape index (κ1) is 10.9. The van der Waals surface area contributed by atoms with Gasteiger partial charge in [0.2, 0.25) is 5.28 Å². The Morgan fingerprint density at radius 1 is 1.25 bits per heavy atom. The largest absolute Gasteiger partial charge is 0.396 e. The lowest BCUT2D eigenvalue weighted by atomic mass is 10.3. The van der Waals surface area contributed by atoms with Gasteiger partial charge in [0, 0.05) is 6.20 Å². The Kier molecular flexibility index (Phi) is 3.07. The van der Waals surface area contributed by atoms with Crippen molar-refractivity contribution >= 4 is 40.4 Å². The van der Waals surface area contributed by atoms with Crippen LogP contribution in [0.5, 0.6) is 0 Å². The van der Waals surface area contributed by atoms with Gasteiger partial charge in [0.15, 0.2) is 5.15 Å². The third kappa shape index (κ3) is 2.50. The molecule has 0 atom stereocenters. The zero-order chi connectivity index (χ0) is 11.5. The van der Waals surface area contributed by atoms with Gasteiger partial charge in [-0.1, -0.05) is 11.6 Å². The van der Waals surface area contributed by atoms with Gasteiger partial charge < -0.3 is 11.1 Å². The average molecular weight is 256 g/mol. The highest BCUT2D eigenvalue weighted by Gasteiger charge is 2.01. The van der Waals surface area contributed by atoms with Crippen molar-refractivity contribution in [1.82, 2.24) is 15.0 Å². The molecule has 2 aromatic heterocycles. The molecule has 0 bridgehead atoms.